The van der Waals surface area contributed by atoms with Crippen LogP contribution < -0.4 is 15.4 Å². The first-order valence-electron chi connectivity index (χ1n) is 9.10. The van der Waals surface area contributed by atoms with Crippen molar-refractivity contribution in [1.29, 1.82) is 0 Å². The third-order valence-corrected chi connectivity index (χ3v) is 5.45. The number of carbonyl (C=O) groups is 2. The Kier molecular flexibility index (Phi) is 6.65. The predicted molar refractivity (Wildman–Crippen MR) is 118 cm³/mol. The maximum absolute atomic E-state index is 12.7. The number of amides is 2. The first kappa shape index (κ1) is 22.0. The molecule has 0 spiro atoms. The fraction of sp³-hybridized carbons (Fsp3) is 0.200. The fourth-order valence-corrected chi connectivity index (χ4v) is 3.71. The summed E-state index contributed by atoms with van der Waals surface area (Å²) >= 11 is 0.926. The highest BCUT2D eigenvalue weighted by Gasteiger charge is 2.41. The van der Waals surface area contributed by atoms with Crippen LogP contribution in [0.3, 0.4) is 0 Å². The number of imide groups is 1. The minimum absolute atomic E-state index is 0.0277. The Morgan fingerprint density at radius 2 is 1.94 bits per heavy atom. The van der Waals surface area contributed by atoms with Gasteiger partial charge in [-0.05, 0) is 42.8 Å². The van der Waals surface area contributed by atoms with Crippen LogP contribution in [0.4, 0.5) is 11.4 Å². The average Bonchev–Trinajstić information content (AvgIpc) is 3.04. The maximum atomic E-state index is 12.7. The van der Waals surface area contributed by atoms with Crippen molar-refractivity contribution in [2.75, 3.05) is 12.0 Å². The van der Waals surface area contributed by atoms with Gasteiger partial charge in [-0.2, -0.15) is 5.10 Å². The van der Waals surface area contributed by atoms with Crippen molar-refractivity contribution < 1.29 is 19.2 Å². The van der Waals surface area contributed by atoms with E-state index in [-0.39, 0.29) is 23.0 Å². The van der Waals surface area contributed by atoms with Crippen LogP contribution >= 0.6 is 11.8 Å². The van der Waals surface area contributed by atoms with Crippen LogP contribution in [0.15, 0.2) is 58.7 Å². The summed E-state index contributed by atoms with van der Waals surface area (Å²) in [5.41, 5.74) is 7.27. The van der Waals surface area contributed by atoms with Gasteiger partial charge in [0.15, 0.2) is 5.17 Å². The van der Waals surface area contributed by atoms with Crippen molar-refractivity contribution in [1.82, 2.24) is 0 Å². The van der Waals surface area contributed by atoms with Gasteiger partial charge in [0.2, 0.25) is 11.8 Å². The number of ether oxygens (including phenoxy) is 1. The minimum Gasteiger partial charge on any atom is -0.497 e. The number of rotatable bonds is 6. The molecule has 1 fully saturated rings. The number of anilines is 1. The van der Waals surface area contributed by atoms with E-state index in [0.717, 1.165) is 22.2 Å². The number of amidine groups is 1. The second-order valence-electron chi connectivity index (χ2n) is 6.51. The first-order valence-corrected chi connectivity index (χ1v) is 9.98. The molecule has 10 nitrogen and oxygen atoms in total. The van der Waals surface area contributed by atoms with Crippen LogP contribution in [-0.2, 0) is 9.59 Å². The van der Waals surface area contributed by atoms with Gasteiger partial charge in [-0.1, -0.05) is 17.8 Å². The molecule has 2 aromatic rings. The lowest BCUT2D eigenvalue weighted by molar-refractivity contribution is -0.384. The van der Waals surface area contributed by atoms with Crippen LogP contribution in [0.1, 0.15) is 18.9 Å². The molecule has 1 heterocycles. The molecule has 0 aliphatic carbocycles. The Labute approximate surface area is 181 Å². The van der Waals surface area contributed by atoms with Crippen LogP contribution in [0.25, 0.3) is 0 Å². The van der Waals surface area contributed by atoms with Crippen LogP contribution in [0.2, 0.25) is 0 Å². The van der Waals surface area contributed by atoms with E-state index in [1.165, 1.54) is 24.3 Å². The predicted octanol–water partition coefficient (Wildman–Crippen LogP) is 2.71. The molecule has 160 valence electrons. The molecule has 1 aliphatic rings. The van der Waals surface area contributed by atoms with Crippen molar-refractivity contribution in [2.24, 2.45) is 15.9 Å². The topological polar surface area (TPSA) is 140 Å². The van der Waals surface area contributed by atoms with Gasteiger partial charge in [0, 0.05) is 18.6 Å². The number of methoxy groups -OCH3 is 1. The minimum atomic E-state index is -0.785. The molecule has 11 heteroatoms. The van der Waals surface area contributed by atoms with Gasteiger partial charge in [-0.15, -0.1) is 5.10 Å². The molecular formula is C20H19N5O5S. The Balaban J connectivity index is 1.71. The highest BCUT2D eigenvalue weighted by atomic mass is 32.2. The summed E-state index contributed by atoms with van der Waals surface area (Å²) in [5.74, 6) is -0.258. The largest absolute Gasteiger partial charge is 0.497 e. The maximum Gasteiger partial charge on any atom is 0.271 e. The molecule has 2 N–H and O–H groups in total. The molecule has 0 radical (unpaired) electrons. The number of thioether (sulfide) groups is 1. The van der Waals surface area contributed by atoms with E-state index < -0.39 is 22.0 Å². The lowest BCUT2D eigenvalue weighted by Gasteiger charge is -2.14. The summed E-state index contributed by atoms with van der Waals surface area (Å²) in [7, 11) is 1.58. The molecular weight excluding hydrogens is 422 g/mol. The van der Waals surface area contributed by atoms with Crippen molar-refractivity contribution in [2.45, 2.75) is 18.6 Å². The summed E-state index contributed by atoms with van der Waals surface area (Å²) in [6.45, 7) is 1.76. The number of carbonyl (C=O) groups excluding carboxylic acids is 2. The van der Waals surface area contributed by atoms with E-state index in [0.29, 0.717) is 11.5 Å². The molecule has 0 aromatic heterocycles. The molecule has 0 unspecified atom stereocenters. The normalized spacial score (nSPS) is 17.2. The van der Waals surface area contributed by atoms with Gasteiger partial charge in [-0.3, -0.25) is 19.7 Å². The Hall–Kier alpha value is -3.73. The molecule has 3 rings (SSSR count). The number of nitrogens with zero attached hydrogens (tertiary/aromatic N) is 4. The summed E-state index contributed by atoms with van der Waals surface area (Å²) in [4.78, 5) is 36.4. The van der Waals surface area contributed by atoms with E-state index in [2.05, 4.69) is 10.2 Å². The van der Waals surface area contributed by atoms with E-state index in [1.54, 1.807) is 26.2 Å². The van der Waals surface area contributed by atoms with Gasteiger partial charge in [0.05, 0.1) is 23.4 Å². The highest BCUT2D eigenvalue weighted by molar-refractivity contribution is 8.14. The second-order valence-corrected chi connectivity index (χ2v) is 7.73. The van der Waals surface area contributed by atoms with Crippen LogP contribution in [0, 0.1) is 10.1 Å². The van der Waals surface area contributed by atoms with Crippen LogP contribution in [0.5, 0.6) is 5.75 Å². The highest BCUT2D eigenvalue weighted by Crippen LogP contribution is 2.31. The van der Waals surface area contributed by atoms with Gasteiger partial charge < -0.3 is 10.5 Å². The molecule has 1 aliphatic heterocycles. The number of nitro groups is 1. The van der Waals surface area contributed by atoms with Crippen molar-refractivity contribution in [3.8, 4) is 5.75 Å². The summed E-state index contributed by atoms with van der Waals surface area (Å²) in [6, 6.07) is 12.6. The van der Waals surface area contributed by atoms with Crippen LogP contribution in [-0.4, -0.2) is 40.0 Å². The van der Waals surface area contributed by atoms with Gasteiger partial charge in [0.1, 0.15) is 11.0 Å². The molecule has 0 saturated carbocycles. The monoisotopic (exact) mass is 441 g/mol. The summed E-state index contributed by atoms with van der Waals surface area (Å²) in [6.07, 6.45) is -0.0937. The van der Waals surface area contributed by atoms with Gasteiger partial charge in [0.25, 0.3) is 5.69 Å². The Bertz CT molecular complexity index is 1080. The number of benzene rings is 2. The summed E-state index contributed by atoms with van der Waals surface area (Å²) < 4.78 is 5.11. The zero-order valence-electron chi connectivity index (χ0n) is 16.7. The lowest BCUT2D eigenvalue weighted by Crippen LogP contribution is -2.31. The average molecular weight is 441 g/mol. The molecule has 1 atom stereocenters. The Morgan fingerprint density at radius 3 is 2.58 bits per heavy atom. The van der Waals surface area contributed by atoms with E-state index in [9.17, 15) is 19.7 Å². The Morgan fingerprint density at radius 1 is 1.23 bits per heavy atom. The second kappa shape index (κ2) is 9.39. The zero-order chi connectivity index (χ0) is 22.5. The van der Waals surface area contributed by atoms with Crippen molar-refractivity contribution in [3.63, 3.8) is 0 Å². The van der Waals surface area contributed by atoms with E-state index >= 15 is 0 Å². The number of hydrogen-bond donors (Lipinski definition) is 1. The quantitative estimate of drug-likeness (QED) is 0.239. The van der Waals surface area contributed by atoms with E-state index in [4.69, 9.17) is 10.5 Å². The number of nitrogens with two attached hydrogens (primary N) is 1. The third-order valence-electron chi connectivity index (χ3n) is 4.47. The van der Waals surface area contributed by atoms with Crippen molar-refractivity contribution >= 4 is 45.8 Å². The number of nitro benzene ring substituents is 1. The number of hydrogen-bond acceptors (Lipinski definition) is 8. The van der Waals surface area contributed by atoms with Gasteiger partial charge >= 0.3 is 0 Å². The van der Waals surface area contributed by atoms with E-state index in [1.807, 2.05) is 12.1 Å². The molecule has 1 saturated heterocycles. The molecule has 31 heavy (non-hydrogen) atoms. The summed E-state index contributed by atoms with van der Waals surface area (Å²) in [5, 5.41) is 18.2. The molecule has 0 bridgehead atoms. The fourth-order valence-electron chi connectivity index (χ4n) is 2.90. The zero-order valence-corrected chi connectivity index (χ0v) is 17.5. The first-order chi connectivity index (χ1) is 14.8. The SMILES string of the molecule is COc1ccc(/C(C)=N\N=C(N)S[C@@H]2CC(=O)N(c3cccc([N+](=O)[O-])c3)C2=O)cc1. The van der Waals surface area contributed by atoms with Gasteiger partial charge in [-0.25, -0.2) is 4.90 Å². The number of non-ortho nitro benzene ring substituents is 1. The lowest BCUT2D eigenvalue weighted by atomic mass is 10.1. The molecule has 2 aromatic carbocycles. The third kappa shape index (κ3) is 5.07. The standard InChI is InChI=1S/C20H19N5O5S/c1-12(13-6-8-16(30-2)9-7-13)22-23-20(21)31-17-11-18(26)24(19(17)27)14-4-3-5-15(10-14)25(28)29/h3-10,17H,11H2,1-2H3,(H2,21,23)/b22-12-/t17-/m1/s1. The molecule has 2 amide bonds. The van der Waals surface area contributed by atoms with Crippen molar-refractivity contribution in [3.05, 3.63) is 64.2 Å². The smallest absolute Gasteiger partial charge is 0.271 e.